The maximum Gasteiger partial charge on any atom is 0.0992 e. The van der Waals surface area contributed by atoms with Gasteiger partial charge in [-0.2, -0.15) is 0 Å². The Bertz CT molecular complexity index is 341. The molecule has 0 radical (unpaired) electrons. The molecule has 1 unspecified atom stereocenters. The highest BCUT2D eigenvalue weighted by molar-refractivity contribution is 5.27. The molecule has 0 spiro atoms. The summed E-state index contributed by atoms with van der Waals surface area (Å²) >= 11 is 0. The number of rotatable bonds is 7. The molecule has 0 saturated heterocycles. The number of aryl methyl sites for hydroxylation is 1. The molecule has 2 N–H and O–H groups in total. The predicted molar refractivity (Wildman–Crippen MR) is 77.7 cm³/mol. The molecule has 1 atom stereocenters. The van der Waals surface area contributed by atoms with Crippen LogP contribution in [0.25, 0.3) is 0 Å². The zero-order valence-electron chi connectivity index (χ0n) is 12.2. The van der Waals surface area contributed by atoms with Crippen LogP contribution in [0, 0.1) is 5.92 Å². The van der Waals surface area contributed by atoms with Crippen molar-refractivity contribution in [1.82, 2.24) is 5.32 Å². The van der Waals surface area contributed by atoms with Gasteiger partial charge in [-0.3, -0.25) is 0 Å². The summed E-state index contributed by atoms with van der Waals surface area (Å²) in [6, 6.07) is 8.33. The van der Waals surface area contributed by atoms with Crippen molar-refractivity contribution in [1.29, 1.82) is 0 Å². The van der Waals surface area contributed by atoms with Gasteiger partial charge in [0, 0.05) is 6.54 Å². The largest absolute Gasteiger partial charge is 0.384 e. The number of aliphatic hydroxyl groups is 1. The molecule has 18 heavy (non-hydrogen) atoms. The van der Waals surface area contributed by atoms with E-state index < -0.39 is 5.60 Å². The summed E-state index contributed by atoms with van der Waals surface area (Å²) < 4.78 is 0. The van der Waals surface area contributed by atoms with Crippen LogP contribution < -0.4 is 5.32 Å². The Hall–Kier alpha value is -0.860. The molecule has 0 fully saturated rings. The fourth-order valence-electron chi connectivity index (χ4n) is 2.03. The molecular formula is C16H27NO. The SMILES string of the molecule is CCCc1ccc(C(C)(O)CNCC(C)C)cc1. The van der Waals surface area contributed by atoms with Gasteiger partial charge >= 0.3 is 0 Å². The van der Waals surface area contributed by atoms with E-state index in [4.69, 9.17) is 0 Å². The van der Waals surface area contributed by atoms with Crippen molar-refractivity contribution in [2.45, 2.75) is 46.1 Å². The minimum Gasteiger partial charge on any atom is -0.384 e. The van der Waals surface area contributed by atoms with Crippen molar-refractivity contribution in [3.8, 4) is 0 Å². The van der Waals surface area contributed by atoms with Crippen molar-refractivity contribution in [3.05, 3.63) is 35.4 Å². The molecule has 1 aromatic carbocycles. The Morgan fingerprint density at radius 1 is 1.22 bits per heavy atom. The van der Waals surface area contributed by atoms with Crippen LogP contribution in [0.15, 0.2) is 24.3 Å². The molecular weight excluding hydrogens is 222 g/mol. The Morgan fingerprint density at radius 2 is 1.83 bits per heavy atom. The van der Waals surface area contributed by atoms with E-state index in [-0.39, 0.29) is 0 Å². The van der Waals surface area contributed by atoms with Crippen LogP contribution in [0.5, 0.6) is 0 Å². The number of hydrogen-bond acceptors (Lipinski definition) is 2. The predicted octanol–water partition coefficient (Wildman–Crippen LogP) is 3.09. The second-order valence-electron chi connectivity index (χ2n) is 5.75. The first-order chi connectivity index (χ1) is 8.45. The third-order valence-electron chi connectivity index (χ3n) is 3.14. The normalized spacial score (nSPS) is 14.8. The molecule has 2 nitrogen and oxygen atoms in total. The smallest absolute Gasteiger partial charge is 0.0992 e. The zero-order chi connectivity index (χ0) is 13.6. The highest BCUT2D eigenvalue weighted by atomic mass is 16.3. The standard InChI is InChI=1S/C16H27NO/c1-5-6-14-7-9-15(10-8-14)16(4,18)12-17-11-13(2)3/h7-10,13,17-18H,5-6,11-12H2,1-4H3. The quantitative estimate of drug-likeness (QED) is 0.778. The van der Waals surface area contributed by atoms with Gasteiger partial charge < -0.3 is 10.4 Å². The van der Waals surface area contributed by atoms with E-state index in [1.165, 1.54) is 5.56 Å². The third kappa shape index (κ3) is 4.79. The van der Waals surface area contributed by atoms with Gasteiger partial charge in [0.15, 0.2) is 0 Å². The Balaban J connectivity index is 2.60. The monoisotopic (exact) mass is 249 g/mol. The molecule has 0 aliphatic carbocycles. The lowest BCUT2D eigenvalue weighted by Crippen LogP contribution is -2.36. The molecule has 0 aliphatic rings. The van der Waals surface area contributed by atoms with E-state index in [1.54, 1.807) is 0 Å². The summed E-state index contributed by atoms with van der Waals surface area (Å²) in [6.45, 7) is 9.92. The van der Waals surface area contributed by atoms with Crippen LogP contribution in [-0.2, 0) is 12.0 Å². The average molecular weight is 249 g/mol. The van der Waals surface area contributed by atoms with Crippen LogP contribution >= 0.6 is 0 Å². The minimum absolute atomic E-state index is 0.596. The van der Waals surface area contributed by atoms with E-state index in [1.807, 2.05) is 19.1 Å². The molecule has 0 amide bonds. The molecule has 0 saturated carbocycles. The zero-order valence-corrected chi connectivity index (χ0v) is 12.2. The van der Waals surface area contributed by atoms with Gasteiger partial charge in [0.1, 0.15) is 0 Å². The summed E-state index contributed by atoms with van der Waals surface area (Å²) in [5.41, 5.74) is 1.53. The molecule has 2 heteroatoms. The lowest BCUT2D eigenvalue weighted by atomic mass is 9.94. The summed E-state index contributed by atoms with van der Waals surface area (Å²) in [6.07, 6.45) is 2.26. The van der Waals surface area contributed by atoms with E-state index in [0.717, 1.165) is 24.9 Å². The number of hydrogen-bond donors (Lipinski definition) is 2. The average Bonchev–Trinajstić information content (AvgIpc) is 2.29. The van der Waals surface area contributed by atoms with Crippen molar-refractivity contribution < 1.29 is 5.11 Å². The molecule has 0 aliphatic heterocycles. The summed E-state index contributed by atoms with van der Waals surface area (Å²) in [7, 11) is 0. The fourth-order valence-corrected chi connectivity index (χ4v) is 2.03. The van der Waals surface area contributed by atoms with Gasteiger partial charge in [-0.05, 0) is 36.9 Å². The molecule has 0 bridgehead atoms. The van der Waals surface area contributed by atoms with E-state index in [2.05, 4.69) is 38.2 Å². The highest BCUT2D eigenvalue weighted by Gasteiger charge is 2.22. The number of benzene rings is 1. The molecule has 0 heterocycles. The second kappa shape index (κ2) is 6.91. The first-order valence-electron chi connectivity index (χ1n) is 6.98. The Labute approximate surface area is 111 Å². The summed E-state index contributed by atoms with van der Waals surface area (Å²) in [5, 5.41) is 13.8. The van der Waals surface area contributed by atoms with Gasteiger partial charge in [-0.25, -0.2) is 0 Å². The maximum absolute atomic E-state index is 10.5. The Morgan fingerprint density at radius 3 is 2.33 bits per heavy atom. The summed E-state index contributed by atoms with van der Waals surface area (Å²) in [5.74, 6) is 0.604. The van der Waals surface area contributed by atoms with Crippen molar-refractivity contribution >= 4 is 0 Å². The minimum atomic E-state index is -0.792. The highest BCUT2D eigenvalue weighted by Crippen LogP contribution is 2.20. The van der Waals surface area contributed by atoms with Crippen LogP contribution in [0.1, 0.15) is 45.2 Å². The molecule has 1 aromatic rings. The van der Waals surface area contributed by atoms with Crippen LogP contribution in [0.4, 0.5) is 0 Å². The Kier molecular flexibility index (Phi) is 5.83. The topological polar surface area (TPSA) is 32.3 Å². The third-order valence-corrected chi connectivity index (χ3v) is 3.14. The van der Waals surface area contributed by atoms with Crippen LogP contribution in [-0.4, -0.2) is 18.2 Å². The van der Waals surface area contributed by atoms with Gasteiger partial charge in [0.05, 0.1) is 5.60 Å². The van der Waals surface area contributed by atoms with Gasteiger partial charge in [0.25, 0.3) is 0 Å². The van der Waals surface area contributed by atoms with E-state index >= 15 is 0 Å². The lowest BCUT2D eigenvalue weighted by molar-refractivity contribution is 0.0564. The summed E-state index contributed by atoms with van der Waals surface area (Å²) in [4.78, 5) is 0. The fraction of sp³-hybridized carbons (Fsp3) is 0.625. The van der Waals surface area contributed by atoms with Crippen LogP contribution in [0.3, 0.4) is 0 Å². The number of nitrogens with one attached hydrogen (secondary N) is 1. The van der Waals surface area contributed by atoms with Crippen LogP contribution in [0.2, 0.25) is 0 Å². The first-order valence-corrected chi connectivity index (χ1v) is 6.98. The molecule has 1 rings (SSSR count). The van der Waals surface area contributed by atoms with Crippen molar-refractivity contribution in [2.24, 2.45) is 5.92 Å². The first kappa shape index (κ1) is 15.2. The van der Waals surface area contributed by atoms with E-state index in [9.17, 15) is 5.11 Å². The molecule has 102 valence electrons. The van der Waals surface area contributed by atoms with Gasteiger partial charge in [-0.1, -0.05) is 51.5 Å². The van der Waals surface area contributed by atoms with Gasteiger partial charge in [-0.15, -0.1) is 0 Å². The maximum atomic E-state index is 10.5. The lowest BCUT2D eigenvalue weighted by Gasteiger charge is -2.25. The van der Waals surface area contributed by atoms with Crippen molar-refractivity contribution in [3.63, 3.8) is 0 Å². The molecule has 0 aromatic heterocycles. The van der Waals surface area contributed by atoms with Gasteiger partial charge in [0.2, 0.25) is 0 Å². The van der Waals surface area contributed by atoms with E-state index in [0.29, 0.717) is 12.5 Å². The second-order valence-corrected chi connectivity index (χ2v) is 5.75. The van der Waals surface area contributed by atoms with Crippen molar-refractivity contribution in [2.75, 3.05) is 13.1 Å².